The van der Waals surface area contributed by atoms with Crippen molar-refractivity contribution in [1.82, 2.24) is 0 Å². The van der Waals surface area contributed by atoms with Gasteiger partial charge in [-0.25, -0.2) is 9.98 Å². The molecule has 0 aliphatic carbocycles. The van der Waals surface area contributed by atoms with Crippen LogP contribution in [0.2, 0.25) is 0 Å². The molecule has 0 fully saturated rings. The first kappa shape index (κ1) is 15.4. The topological polar surface area (TPSA) is 24.7 Å². The highest BCUT2D eigenvalue weighted by molar-refractivity contribution is 7.12. The van der Waals surface area contributed by atoms with Crippen molar-refractivity contribution >= 4 is 45.5 Å². The van der Waals surface area contributed by atoms with E-state index in [4.69, 9.17) is 9.98 Å². The molecule has 0 unspecified atom stereocenters. The fraction of sp³-hybridized carbons (Fsp3) is 0. The Kier molecular flexibility index (Phi) is 3.85. The molecule has 0 amide bonds. The van der Waals surface area contributed by atoms with Gasteiger partial charge in [-0.1, -0.05) is 48.5 Å². The van der Waals surface area contributed by atoms with Crippen LogP contribution >= 0.6 is 22.7 Å². The first-order valence-corrected chi connectivity index (χ1v) is 10.1. The highest BCUT2D eigenvalue weighted by Crippen LogP contribution is 2.34. The number of rotatable bonds is 2. The third kappa shape index (κ3) is 2.64. The molecule has 0 atom stereocenters. The molecule has 1 aliphatic rings. The molecule has 5 rings (SSSR count). The Hall–Kier alpha value is -2.82. The molecule has 1 aliphatic heterocycles. The number of thiophene rings is 2. The second-order valence-electron chi connectivity index (χ2n) is 5.91. The molecule has 2 aromatic carbocycles. The number of hydrogen-bond donors (Lipinski definition) is 0. The summed E-state index contributed by atoms with van der Waals surface area (Å²) in [6, 6.07) is 24.9. The van der Waals surface area contributed by atoms with Crippen LogP contribution in [0.25, 0.3) is 0 Å². The third-order valence-corrected chi connectivity index (χ3v) is 6.05. The Labute approximate surface area is 159 Å². The minimum absolute atomic E-state index is 0.956. The van der Waals surface area contributed by atoms with Gasteiger partial charge in [0.25, 0.3) is 0 Å². The number of nitrogens with zero attached hydrogens (tertiary/aromatic N) is 2. The van der Waals surface area contributed by atoms with E-state index in [0.29, 0.717) is 0 Å². The van der Waals surface area contributed by atoms with Gasteiger partial charge < -0.3 is 0 Å². The molecule has 0 spiro atoms. The Morgan fingerprint density at radius 2 is 0.962 bits per heavy atom. The molecule has 26 heavy (non-hydrogen) atoms. The van der Waals surface area contributed by atoms with Crippen molar-refractivity contribution in [2.75, 3.05) is 0 Å². The Balaban J connectivity index is 1.84. The summed E-state index contributed by atoms with van der Waals surface area (Å²) in [6.45, 7) is 0. The molecule has 0 N–H and O–H groups in total. The van der Waals surface area contributed by atoms with Gasteiger partial charge in [0.1, 0.15) is 0 Å². The lowest BCUT2D eigenvalue weighted by Gasteiger charge is -2.16. The molecule has 2 aromatic heterocycles. The van der Waals surface area contributed by atoms with Crippen molar-refractivity contribution < 1.29 is 0 Å². The van der Waals surface area contributed by atoms with E-state index in [0.717, 1.165) is 43.7 Å². The molecule has 124 valence electrons. The van der Waals surface area contributed by atoms with Crippen LogP contribution in [-0.2, 0) is 0 Å². The van der Waals surface area contributed by atoms with E-state index in [1.54, 1.807) is 22.7 Å². The van der Waals surface area contributed by atoms with Crippen molar-refractivity contribution in [1.29, 1.82) is 0 Å². The summed E-state index contributed by atoms with van der Waals surface area (Å²) >= 11 is 3.41. The lowest BCUT2D eigenvalue weighted by Crippen LogP contribution is -2.08. The van der Waals surface area contributed by atoms with Gasteiger partial charge in [0, 0.05) is 11.1 Å². The first-order chi connectivity index (χ1) is 12.9. The second-order valence-corrected chi connectivity index (χ2v) is 7.81. The predicted octanol–water partition coefficient (Wildman–Crippen LogP) is 6.46. The Morgan fingerprint density at radius 1 is 0.500 bits per heavy atom. The zero-order valence-electron chi connectivity index (χ0n) is 13.8. The molecule has 0 saturated heterocycles. The monoisotopic (exact) mass is 370 g/mol. The molecule has 2 nitrogen and oxygen atoms in total. The van der Waals surface area contributed by atoms with Gasteiger partial charge in [-0.05, 0) is 35.0 Å². The standard InChI is InChI=1S/C22H14N2S2/c1-3-9-17-15(7-1)21(19-11-5-13-25-19)24-18-10-4-2-8-16(18)22(23-17)20-12-6-14-26-20/h1-14H. The summed E-state index contributed by atoms with van der Waals surface area (Å²) in [5.74, 6) is 0. The van der Waals surface area contributed by atoms with E-state index in [2.05, 4.69) is 71.4 Å². The number of benzene rings is 2. The SMILES string of the molecule is c1csc(C2=Nc3ccccc3C(c3cccs3)=Nc3ccccc32)c1. The van der Waals surface area contributed by atoms with Crippen LogP contribution in [0.1, 0.15) is 20.9 Å². The van der Waals surface area contributed by atoms with Crippen LogP contribution in [0.15, 0.2) is 93.5 Å². The van der Waals surface area contributed by atoms with Crippen molar-refractivity contribution in [2.24, 2.45) is 9.98 Å². The molecule has 4 heteroatoms. The van der Waals surface area contributed by atoms with E-state index in [9.17, 15) is 0 Å². The van der Waals surface area contributed by atoms with Gasteiger partial charge in [0.05, 0.1) is 32.6 Å². The van der Waals surface area contributed by atoms with E-state index < -0.39 is 0 Å². The second kappa shape index (κ2) is 6.48. The van der Waals surface area contributed by atoms with Crippen LogP contribution in [0.3, 0.4) is 0 Å². The quantitative estimate of drug-likeness (QED) is 0.341. The van der Waals surface area contributed by atoms with Gasteiger partial charge in [-0.15, -0.1) is 22.7 Å². The molecular weight excluding hydrogens is 356 g/mol. The molecule has 3 heterocycles. The lowest BCUT2D eigenvalue weighted by molar-refractivity contribution is 1.41. The number of para-hydroxylation sites is 2. The summed E-state index contributed by atoms with van der Waals surface area (Å²) in [5, 5.41) is 4.18. The van der Waals surface area contributed by atoms with E-state index in [-0.39, 0.29) is 0 Å². The van der Waals surface area contributed by atoms with Crippen molar-refractivity contribution in [3.05, 3.63) is 104 Å². The summed E-state index contributed by atoms with van der Waals surface area (Å²) in [5.41, 5.74) is 6.01. The van der Waals surface area contributed by atoms with E-state index >= 15 is 0 Å². The average molecular weight is 371 g/mol. The molecule has 0 saturated carbocycles. The fourth-order valence-electron chi connectivity index (χ4n) is 3.11. The number of aliphatic imine (C=N–C) groups is 2. The highest BCUT2D eigenvalue weighted by Gasteiger charge is 2.20. The Bertz CT molecular complexity index is 1030. The van der Waals surface area contributed by atoms with Crippen LogP contribution in [0.5, 0.6) is 0 Å². The molecular formula is C22H14N2S2. The normalized spacial score (nSPS) is 13.1. The average Bonchev–Trinajstić information content (AvgIpc) is 3.37. The lowest BCUT2D eigenvalue weighted by atomic mass is 10.0. The van der Waals surface area contributed by atoms with Crippen LogP contribution in [0, 0.1) is 0 Å². The van der Waals surface area contributed by atoms with Crippen LogP contribution < -0.4 is 0 Å². The molecule has 0 radical (unpaired) electrons. The minimum Gasteiger partial charge on any atom is -0.246 e. The van der Waals surface area contributed by atoms with Crippen LogP contribution in [0.4, 0.5) is 11.4 Å². The van der Waals surface area contributed by atoms with Gasteiger partial charge in [-0.3, -0.25) is 0 Å². The maximum atomic E-state index is 5.09. The van der Waals surface area contributed by atoms with Gasteiger partial charge in [-0.2, -0.15) is 0 Å². The largest absolute Gasteiger partial charge is 0.246 e. The van der Waals surface area contributed by atoms with Gasteiger partial charge in [0.2, 0.25) is 0 Å². The summed E-state index contributed by atoms with van der Waals surface area (Å²) in [7, 11) is 0. The Morgan fingerprint density at radius 3 is 1.38 bits per heavy atom. The summed E-state index contributed by atoms with van der Waals surface area (Å²) in [6.07, 6.45) is 0. The highest BCUT2D eigenvalue weighted by atomic mass is 32.1. The molecule has 4 aromatic rings. The van der Waals surface area contributed by atoms with Crippen LogP contribution in [-0.4, -0.2) is 11.4 Å². The molecule has 0 bridgehead atoms. The smallest absolute Gasteiger partial charge is 0.0903 e. The summed E-state index contributed by atoms with van der Waals surface area (Å²) in [4.78, 5) is 12.5. The third-order valence-electron chi connectivity index (χ3n) is 4.29. The number of hydrogen-bond acceptors (Lipinski definition) is 4. The zero-order chi connectivity index (χ0) is 17.3. The fourth-order valence-corrected chi connectivity index (χ4v) is 4.56. The number of fused-ring (bicyclic) bond motifs is 2. The van der Waals surface area contributed by atoms with Gasteiger partial charge in [0.15, 0.2) is 0 Å². The zero-order valence-corrected chi connectivity index (χ0v) is 15.4. The van der Waals surface area contributed by atoms with E-state index in [1.165, 1.54) is 0 Å². The van der Waals surface area contributed by atoms with Gasteiger partial charge >= 0.3 is 0 Å². The van der Waals surface area contributed by atoms with Crippen molar-refractivity contribution in [3.8, 4) is 0 Å². The maximum absolute atomic E-state index is 5.09. The van der Waals surface area contributed by atoms with Crippen molar-refractivity contribution in [3.63, 3.8) is 0 Å². The first-order valence-electron chi connectivity index (χ1n) is 8.34. The minimum atomic E-state index is 0.956. The van der Waals surface area contributed by atoms with Crippen molar-refractivity contribution in [2.45, 2.75) is 0 Å². The van der Waals surface area contributed by atoms with E-state index in [1.807, 2.05) is 12.1 Å². The maximum Gasteiger partial charge on any atom is 0.0903 e. The summed E-state index contributed by atoms with van der Waals surface area (Å²) < 4.78 is 0. The predicted molar refractivity (Wildman–Crippen MR) is 112 cm³/mol.